The van der Waals surface area contributed by atoms with Gasteiger partial charge in [-0.15, -0.1) is 0 Å². The molecule has 2 rings (SSSR count). The smallest absolute Gasteiger partial charge is 0.387 e. The Morgan fingerprint density at radius 1 is 1.37 bits per heavy atom. The van der Waals surface area contributed by atoms with E-state index in [2.05, 4.69) is 5.32 Å². The summed E-state index contributed by atoms with van der Waals surface area (Å²) in [7, 11) is 0. The van der Waals surface area contributed by atoms with Gasteiger partial charge in [0.1, 0.15) is 0 Å². The average Bonchev–Trinajstić information content (AvgIpc) is 3.18. The van der Waals surface area contributed by atoms with E-state index >= 15 is 0 Å². The minimum absolute atomic E-state index is 0.0370. The van der Waals surface area contributed by atoms with Crippen molar-refractivity contribution >= 4 is 5.91 Å². The fourth-order valence-corrected chi connectivity index (χ4v) is 1.84. The van der Waals surface area contributed by atoms with Gasteiger partial charge >= 0.3 is 6.18 Å². The molecule has 0 heterocycles. The zero-order chi connectivity index (χ0) is 14.0. The Balaban J connectivity index is 2.05. The van der Waals surface area contributed by atoms with Crippen molar-refractivity contribution in [1.82, 2.24) is 5.32 Å². The van der Waals surface area contributed by atoms with Gasteiger partial charge in [0, 0.05) is 12.5 Å². The van der Waals surface area contributed by atoms with Gasteiger partial charge in [0.05, 0.1) is 11.7 Å². The summed E-state index contributed by atoms with van der Waals surface area (Å²) in [5, 5.41) is 12.3. The van der Waals surface area contributed by atoms with Crippen molar-refractivity contribution in [2.45, 2.75) is 25.1 Å². The van der Waals surface area contributed by atoms with E-state index in [1.54, 1.807) is 0 Å². The Kier molecular flexibility index (Phi) is 3.80. The molecule has 1 atom stereocenters. The second-order valence-corrected chi connectivity index (χ2v) is 4.62. The number of rotatable bonds is 4. The standard InChI is InChI=1S/C13H14F3NO2/c14-13(15,16)10-4-2-1-3-9(10)11(18)7-17-12(19)8-5-6-8/h1-4,8,11,18H,5-7H2,(H,17,19)/t11-/m0/s1. The predicted molar refractivity (Wildman–Crippen MR) is 62.1 cm³/mol. The Bertz CT molecular complexity index is 469. The van der Waals surface area contributed by atoms with E-state index in [1.165, 1.54) is 18.2 Å². The number of hydrogen-bond donors (Lipinski definition) is 2. The zero-order valence-electron chi connectivity index (χ0n) is 10.1. The van der Waals surface area contributed by atoms with E-state index in [-0.39, 0.29) is 23.9 Å². The highest BCUT2D eigenvalue weighted by atomic mass is 19.4. The van der Waals surface area contributed by atoms with E-state index < -0.39 is 17.8 Å². The molecule has 1 saturated carbocycles. The van der Waals surface area contributed by atoms with E-state index in [4.69, 9.17) is 0 Å². The monoisotopic (exact) mass is 273 g/mol. The van der Waals surface area contributed by atoms with E-state index in [9.17, 15) is 23.1 Å². The van der Waals surface area contributed by atoms with Gasteiger partial charge in [-0.05, 0) is 24.5 Å². The van der Waals surface area contributed by atoms with Crippen LogP contribution >= 0.6 is 0 Å². The molecule has 19 heavy (non-hydrogen) atoms. The quantitative estimate of drug-likeness (QED) is 0.884. The molecule has 0 unspecified atom stereocenters. The molecule has 0 saturated heterocycles. The van der Waals surface area contributed by atoms with Crippen LogP contribution in [0.25, 0.3) is 0 Å². The summed E-state index contributed by atoms with van der Waals surface area (Å²) < 4.78 is 38.2. The lowest BCUT2D eigenvalue weighted by Gasteiger charge is -2.17. The highest BCUT2D eigenvalue weighted by molar-refractivity contribution is 5.80. The average molecular weight is 273 g/mol. The lowest BCUT2D eigenvalue weighted by Crippen LogP contribution is -2.30. The number of hydrogen-bond acceptors (Lipinski definition) is 2. The minimum atomic E-state index is -4.52. The molecule has 1 aromatic rings. The summed E-state index contributed by atoms with van der Waals surface area (Å²) in [5.74, 6) is -0.242. The molecule has 0 aromatic heterocycles. The van der Waals surface area contributed by atoms with Crippen LogP contribution in [0.5, 0.6) is 0 Å². The minimum Gasteiger partial charge on any atom is -0.387 e. The summed E-state index contributed by atoms with van der Waals surface area (Å²) in [6, 6.07) is 4.83. The molecular weight excluding hydrogens is 259 g/mol. The Labute approximate surface area is 108 Å². The maximum absolute atomic E-state index is 12.7. The lowest BCUT2D eigenvalue weighted by atomic mass is 10.0. The van der Waals surface area contributed by atoms with Gasteiger partial charge in [0.15, 0.2) is 0 Å². The van der Waals surface area contributed by atoms with E-state index in [0.29, 0.717) is 0 Å². The van der Waals surface area contributed by atoms with Crippen LogP contribution in [0.4, 0.5) is 13.2 Å². The molecule has 6 heteroatoms. The first-order valence-electron chi connectivity index (χ1n) is 6.01. The zero-order valence-corrected chi connectivity index (χ0v) is 10.1. The first-order valence-corrected chi connectivity index (χ1v) is 6.01. The molecular formula is C13H14F3NO2. The van der Waals surface area contributed by atoms with E-state index in [0.717, 1.165) is 18.9 Å². The molecule has 0 aliphatic heterocycles. The van der Waals surface area contributed by atoms with Crippen LogP contribution in [0.1, 0.15) is 30.1 Å². The molecule has 0 bridgehead atoms. The van der Waals surface area contributed by atoms with Crippen LogP contribution < -0.4 is 5.32 Å². The fraction of sp³-hybridized carbons (Fsp3) is 0.462. The fourth-order valence-electron chi connectivity index (χ4n) is 1.84. The Morgan fingerprint density at radius 2 is 2.00 bits per heavy atom. The molecule has 3 nitrogen and oxygen atoms in total. The maximum Gasteiger partial charge on any atom is 0.416 e. The third kappa shape index (κ3) is 3.47. The molecule has 1 aliphatic carbocycles. The van der Waals surface area contributed by atoms with Gasteiger partial charge < -0.3 is 10.4 Å². The maximum atomic E-state index is 12.7. The summed E-state index contributed by atoms with van der Waals surface area (Å²) in [4.78, 5) is 11.4. The molecule has 2 N–H and O–H groups in total. The molecule has 104 valence electrons. The summed E-state index contributed by atoms with van der Waals surface area (Å²) in [5.41, 5.74) is -1.09. The van der Waals surface area contributed by atoms with Crippen LogP contribution in [0.3, 0.4) is 0 Å². The molecule has 1 aliphatic rings. The number of amides is 1. The number of carbonyl (C=O) groups is 1. The number of carbonyl (C=O) groups excluding carboxylic acids is 1. The largest absolute Gasteiger partial charge is 0.416 e. The second-order valence-electron chi connectivity index (χ2n) is 4.62. The summed E-state index contributed by atoms with van der Waals surface area (Å²) in [6.45, 7) is -0.206. The van der Waals surface area contributed by atoms with E-state index in [1.807, 2.05) is 0 Å². The van der Waals surface area contributed by atoms with Gasteiger partial charge in [0.2, 0.25) is 5.91 Å². The molecule has 1 aromatic carbocycles. The third-order valence-electron chi connectivity index (χ3n) is 3.04. The van der Waals surface area contributed by atoms with Gasteiger partial charge in [-0.25, -0.2) is 0 Å². The lowest BCUT2D eigenvalue weighted by molar-refractivity contribution is -0.139. The highest BCUT2D eigenvalue weighted by Crippen LogP contribution is 2.34. The van der Waals surface area contributed by atoms with Crippen molar-refractivity contribution < 1.29 is 23.1 Å². The topological polar surface area (TPSA) is 49.3 Å². The number of aliphatic hydroxyl groups is 1. The summed E-state index contributed by atoms with van der Waals surface area (Å²) >= 11 is 0. The number of aliphatic hydroxyl groups excluding tert-OH is 1. The Morgan fingerprint density at radius 3 is 2.58 bits per heavy atom. The predicted octanol–water partition coefficient (Wildman–Crippen LogP) is 2.26. The van der Waals surface area contributed by atoms with Crippen molar-refractivity contribution in [1.29, 1.82) is 0 Å². The van der Waals surface area contributed by atoms with Gasteiger partial charge in [-0.3, -0.25) is 4.79 Å². The van der Waals surface area contributed by atoms with Gasteiger partial charge in [-0.1, -0.05) is 18.2 Å². The normalized spacial score (nSPS) is 17.1. The number of benzene rings is 1. The van der Waals surface area contributed by atoms with Gasteiger partial charge in [0.25, 0.3) is 0 Å². The van der Waals surface area contributed by atoms with Crippen LogP contribution in [0.2, 0.25) is 0 Å². The SMILES string of the molecule is O=C(NC[C@H](O)c1ccccc1C(F)(F)F)C1CC1. The number of alkyl halides is 3. The molecule has 0 spiro atoms. The molecule has 1 amide bonds. The first-order chi connectivity index (χ1) is 8.89. The van der Waals surface area contributed by atoms with Crippen molar-refractivity contribution in [3.8, 4) is 0 Å². The van der Waals surface area contributed by atoms with Crippen molar-refractivity contribution in [3.63, 3.8) is 0 Å². The molecule has 1 fully saturated rings. The van der Waals surface area contributed by atoms with Crippen molar-refractivity contribution in [3.05, 3.63) is 35.4 Å². The summed E-state index contributed by atoms with van der Waals surface area (Å²) in [6.07, 6.45) is -4.26. The molecule has 0 radical (unpaired) electrons. The highest BCUT2D eigenvalue weighted by Gasteiger charge is 2.35. The van der Waals surface area contributed by atoms with Crippen molar-refractivity contribution in [2.75, 3.05) is 6.54 Å². The third-order valence-corrected chi connectivity index (χ3v) is 3.04. The first kappa shape index (κ1) is 13.9. The number of nitrogens with one attached hydrogen (secondary N) is 1. The van der Waals surface area contributed by atoms with Crippen LogP contribution in [-0.2, 0) is 11.0 Å². The van der Waals surface area contributed by atoms with Crippen molar-refractivity contribution in [2.24, 2.45) is 5.92 Å². The van der Waals surface area contributed by atoms with Crippen LogP contribution in [0.15, 0.2) is 24.3 Å². The van der Waals surface area contributed by atoms with Crippen LogP contribution in [-0.4, -0.2) is 17.6 Å². The van der Waals surface area contributed by atoms with Crippen LogP contribution in [0, 0.1) is 5.92 Å². The second kappa shape index (κ2) is 5.21. The number of halogens is 3. The Hall–Kier alpha value is -1.56. The van der Waals surface area contributed by atoms with Gasteiger partial charge in [-0.2, -0.15) is 13.2 Å².